The van der Waals surface area contributed by atoms with Crippen LogP contribution in [-0.2, 0) is 34.8 Å². The van der Waals surface area contributed by atoms with E-state index in [1.54, 1.807) is 51.1 Å². The van der Waals surface area contributed by atoms with Crippen LogP contribution in [0.2, 0.25) is 0 Å². The van der Waals surface area contributed by atoms with Crippen LogP contribution in [0.4, 0.5) is 14.4 Å². The van der Waals surface area contributed by atoms with E-state index in [-0.39, 0.29) is 19.7 Å². The fraction of sp³-hybridized carbons (Fsp3) is 0.500. The summed E-state index contributed by atoms with van der Waals surface area (Å²) in [5.74, 6) is -1.87. The monoisotopic (exact) mass is 555 g/mol. The molecule has 0 saturated carbocycles. The van der Waals surface area contributed by atoms with Gasteiger partial charge in [-0.2, -0.15) is 0 Å². The van der Waals surface area contributed by atoms with Gasteiger partial charge >= 0.3 is 26.0 Å². The quantitative estimate of drug-likeness (QED) is 0.312. The summed E-state index contributed by atoms with van der Waals surface area (Å²) in [5, 5.41) is 3.19. The van der Waals surface area contributed by atoms with E-state index in [4.69, 9.17) is 14.0 Å². The number of hydrogen-bond acceptors (Lipinski definition) is 9. The average molecular weight is 555 g/mol. The topological polar surface area (TPSA) is 184 Å². The van der Waals surface area contributed by atoms with E-state index in [0.29, 0.717) is 9.57 Å². The number of amides is 6. The Bertz CT molecular complexity index is 1140. The van der Waals surface area contributed by atoms with Crippen molar-refractivity contribution in [2.75, 3.05) is 19.7 Å². The van der Waals surface area contributed by atoms with E-state index in [1.807, 2.05) is 0 Å². The van der Waals surface area contributed by atoms with Gasteiger partial charge in [0, 0.05) is 0 Å². The fourth-order valence-corrected chi connectivity index (χ4v) is 4.97. The van der Waals surface area contributed by atoms with Gasteiger partial charge in [0.2, 0.25) is 0 Å². The molecular weight excluding hydrogens is 525 g/mol. The molecule has 3 atom stereocenters. The zero-order chi connectivity index (χ0) is 28.3. The molecule has 3 rings (SSSR count). The zero-order valence-electron chi connectivity index (χ0n) is 21.3. The number of benzene rings is 1. The smallest absolute Gasteiger partial charge is 0.435 e. The largest absolute Gasteiger partial charge is 0.445 e. The number of β-lactam (4-membered cyclic amide) rings is 1. The maximum Gasteiger partial charge on any atom is 0.435 e. The molecule has 1 aromatic rings. The number of carbonyl (C=O) groups excluding carboxylic acids is 5. The van der Waals surface area contributed by atoms with Crippen LogP contribution in [0.15, 0.2) is 30.3 Å². The average Bonchev–Trinajstić information content (AvgIpc) is 3.19. The van der Waals surface area contributed by atoms with Crippen LogP contribution in [0, 0.1) is 0 Å². The lowest BCUT2D eigenvalue weighted by Gasteiger charge is -2.45. The molecule has 2 heterocycles. The first-order chi connectivity index (χ1) is 17.7. The van der Waals surface area contributed by atoms with E-state index < -0.39 is 62.1 Å². The number of ether oxygens (including phenoxy) is 2. The number of imide groups is 1. The van der Waals surface area contributed by atoms with Crippen LogP contribution in [0.3, 0.4) is 0 Å². The summed E-state index contributed by atoms with van der Waals surface area (Å²) in [6.45, 7) is 5.12. The second-order valence-corrected chi connectivity index (χ2v) is 11.1. The zero-order valence-corrected chi connectivity index (χ0v) is 22.2. The van der Waals surface area contributed by atoms with Crippen molar-refractivity contribution in [1.82, 2.24) is 25.3 Å². The summed E-state index contributed by atoms with van der Waals surface area (Å²) in [4.78, 5) is 72.2. The minimum atomic E-state index is -4.80. The summed E-state index contributed by atoms with van der Waals surface area (Å²) in [5.41, 5.74) is 2.14. The van der Waals surface area contributed by atoms with Crippen LogP contribution >= 0.6 is 7.75 Å². The third kappa shape index (κ3) is 7.00. The van der Waals surface area contributed by atoms with Gasteiger partial charge in [-0.15, -0.1) is 0 Å². The van der Waals surface area contributed by atoms with E-state index in [0.717, 1.165) is 10.6 Å². The minimum absolute atomic E-state index is 0.0324. The van der Waals surface area contributed by atoms with E-state index >= 15 is 0 Å². The van der Waals surface area contributed by atoms with Crippen LogP contribution in [0.1, 0.15) is 33.3 Å². The molecule has 1 aromatic carbocycles. The first-order valence-electron chi connectivity index (χ1n) is 11.6. The third-order valence-electron chi connectivity index (χ3n) is 5.41. The highest BCUT2D eigenvalue weighted by atomic mass is 31.2. The molecule has 2 aliphatic rings. The number of rotatable bonds is 8. The molecule has 0 aromatic heterocycles. The third-order valence-corrected chi connectivity index (χ3v) is 6.98. The van der Waals surface area contributed by atoms with E-state index in [9.17, 15) is 33.4 Å². The van der Waals surface area contributed by atoms with Gasteiger partial charge in [0.05, 0.1) is 19.1 Å². The normalized spacial score (nSPS) is 20.9. The number of hydrazine groups is 1. The van der Waals surface area contributed by atoms with Crippen molar-refractivity contribution < 1.29 is 47.4 Å². The predicted molar refractivity (Wildman–Crippen MR) is 129 cm³/mol. The van der Waals surface area contributed by atoms with Crippen molar-refractivity contribution >= 4 is 37.8 Å². The molecule has 15 nitrogen and oxygen atoms in total. The van der Waals surface area contributed by atoms with Crippen molar-refractivity contribution in [1.29, 1.82) is 0 Å². The van der Waals surface area contributed by atoms with Gasteiger partial charge in [-0.05, 0) is 33.3 Å². The molecule has 3 N–H and O–H groups in total. The molecule has 2 aliphatic heterocycles. The molecule has 0 spiro atoms. The molecule has 0 radical (unpaired) electrons. The highest BCUT2D eigenvalue weighted by Gasteiger charge is 2.55. The van der Waals surface area contributed by atoms with Gasteiger partial charge in [-0.25, -0.2) is 34.1 Å². The lowest BCUT2D eigenvalue weighted by Crippen LogP contribution is -2.68. The van der Waals surface area contributed by atoms with Crippen LogP contribution in [-0.4, -0.2) is 86.9 Å². The van der Waals surface area contributed by atoms with Gasteiger partial charge < -0.3 is 19.7 Å². The molecule has 2 saturated heterocycles. The van der Waals surface area contributed by atoms with Gasteiger partial charge in [-0.1, -0.05) is 30.3 Å². The SMILES string of the molecule is C[C@H]1[C@H](NC(=O)OCc2ccccc2)C(=O)N1P(=O)(O)OCC(=O)N1CCN(NC(=O)OC(C)(C)C)C1=O. The van der Waals surface area contributed by atoms with Gasteiger partial charge in [0.15, 0.2) is 0 Å². The molecule has 38 heavy (non-hydrogen) atoms. The Morgan fingerprint density at radius 1 is 1.11 bits per heavy atom. The number of carbonyl (C=O) groups is 5. The van der Waals surface area contributed by atoms with Crippen LogP contribution in [0.5, 0.6) is 0 Å². The molecule has 6 amide bonds. The first-order valence-corrected chi connectivity index (χ1v) is 13.1. The number of nitrogens with one attached hydrogen (secondary N) is 2. The van der Waals surface area contributed by atoms with Crippen molar-refractivity contribution in [3.05, 3.63) is 35.9 Å². The van der Waals surface area contributed by atoms with Gasteiger partial charge in [0.25, 0.3) is 11.8 Å². The summed E-state index contributed by atoms with van der Waals surface area (Å²) in [6.07, 6.45) is -1.78. The molecule has 0 bridgehead atoms. The first kappa shape index (κ1) is 28.9. The summed E-state index contributed by atoms with van der Waals surface area (Å²) in [7, 11) is -4.80. The van der Waals surface area contributed by atoms with Crippen molar-refractivity contribution in [3.63, 3.8) is 0 Å². The molecule has 208 valence electrons. The lowest BCUT2D eigenvalue weighted by molar-refractivity contribution is -0.143. The van der Waals surface area contributed by atoms with Crippen molar-refractivity contribution in [2.45, 2.75) is 52.0 Å². The van der Waals surface area contributed by atoms with E-state index in [2.05, 4.69) is 10.7 Å². The second-order valence-electron chi connectivity index (χ2n) is 9.46. The van der Waals surface area contributed by atoms with Crippen LogP contribution < -0.4 is 10.7 Å². The Morgan fingerprint density at radius 3 is 2.37 bits per heavy atom. The Labute approximate surface area is 218 Å². The lowest BCUT2D eigenvalue weighted by atomic mass is 10.0. The molecule has 0 aliphatic carbocycles. The van der Waals surface area contributed by atoms with Crippen molar-refractivity contribution in [2.24, 2.45) is 0 Å². The second kappa shape index (κ2) is 11.4. The predicted octanol–water partition coefficient (Wildman–Crippen LogP) is 1.33. The van der Waals surface area contributed by atoms with Gasteiger partial charge in [0.1, 0.15) is 24.9 Å². The highest BCUT2D eigenvalue weighted by Crippen LogP contribution is 2.52. The Balaban J connectivity index is 1.46. The Morgan fingerprint density at radius 2 is 1.76 bits per heavy atom. The fourth-order valence-electron chi connectivity index (χ4n) is 3.60. The Kier molecular flexibility index (Phi) is 8.65. The number of nitrogens with zero attached hydrogens (tertiary/aromatic N) is 3. The number of alkyl carbamates (subject to hydrolysis) is 1. The minimum Gasteiger partial charge on any atom is -0.445 e. The number of urea groups is 1. The summed E-state index contributed by atoms with van der Waals surface area (Å²) in [6, 6.07) is 5.87. The van der Waals surface area contributed by atoms with Gasteiger partial charge in [-0.3, -0.25) is 19.0 Å². The molecular formula is C22H30N5O10P. The highest BCUT2D eigenvalue weighted by molar-refractivity contribution is 7.51. The van der Waals surface area contributed by atoms with Crippen molar-refractivity contribution in [3.8, 4) is 0 Å². The number of hydrogen-bond donors (Lipinski definition) is 3. The molecule has 16 heteroatoms. The summed E-state index contributed by atoms with van der Waals surface area (Å²) >= 11 is 0. The molecule has 2 fully saturated rings. The summed E-state index contributed by atoms with van der Waals surface area (Å²) < 4.78 is 28.1. The standard InChI is InChI=1S/C22H30N5O10P/c1-14-17(23-19(30)35-12-15-8-6-5-7-9-15)18(29)27(14)38(33,34)36-13-16(28)25-10-11-26(21(25)32)24-20(31)37-22(2,3)4/h5-9,14,17H,10-13H2,1-4H3,(H,23,30)(H,24,31)(H,33,34)/t14-,17-/m0/s1. The maximum absolute atomic E-state index is 12.7. The van der Waals surface area contributed by atoms with E-state index in [1.165, 1.54) is 6.92 Å². The molecule has 1 unspecified atom stereocenters. The maximum atomic E-state index is 12.7. The van der Waals surface area contributed by atoms with Crippen LogP contribution in [0.25, 0.3) is 0 Å². The Hall–Kier alpha value is -3.68.